The minimum Gasteiger partial charge on any atom is -0.480 e. The molecule has 0 heterocycles. The van der Waals surface area contributed by atoms with Crippen molar-refractivity contribution < 1.29 is 38.9 Å². The number of allylic oxidation sites excluding steroid dienone is 4. The van der Waals surface area contributed by atoms with Crippen molar-refractivity contribution in [2.75, 3.05) is 13.2 Å². The number of carbonyl (C=O) groups excluding carboxylic acids is 2. The summed E-state index contributed by atoms with van der Waals surface area (Å²) >= 11 is 24.1. The van der Waals surface area contributed by atoms with E-state index in [4.69, 9.17) is 66.1 Å². The maximum atomic E-state index is 12.0. The molecule has 200 valence electrons. The minimum absolute atomic E-state index is 0.0624. The molecule has 0 radical (unpaired) electrons. The second kappa shape index (κ2) is 12.2. The van der Waals surface area contributed by atoms with Gasteiger partial charge < -0.3 is 19.7 Å². The molecule has 2 aliphatic carbocycles. The summed E-state index contributed by atoms with van der Waals surface area (Å²) in [7, 11) is 0. The SMILES string of the molecule is CC=C1Cc2cc(OCC(=O)O)c(Cl)c(Cl)c2C1=O.CC=C1Cc2cc(OCC(=O)O)c(Cl)c(Cl)c2C1=O. The summed E-state index contributed by atoms with van der Waals surface area (Å²) in [6.45, 7) is 2.52. The quantitative estimate of drug-likeness (QED) is 0.370. The smallest absolute Gasteiger partial charge is 0.341 e. The molecule has 2 aliphatic rings. The van der Waals surface area contributed by atoms with Crippen LogP contribution in [0.2, 0.25) is 20.1 Å². The first-order chi connectivity index (χ1) is 17.9. The highest BCUT2D eigenvalue weighted by Crippen LogP contribution is 2.43. The van der Waals surface area contributed by atoms with Crippen LogP contribution < -0.4 is 9.47 Å². The maximum Gasteiger partial charge on any atom is 0.341 e. The van der Waals surface area contributed by atoms with Crippen LogP contribution in [0.15, 0.2) is 35.4 Å². The number of Topliss-reactive ketones (excluding diaryl/α,β-unsaturated/α-hetero) is 2. The Morgan fingerprint density at radius 2 is 1.08 bits per heavy atom. The van der Waals surface area contributed by atoms with Gasteiger partial charge in [0.05, 0.1) is 10.0 Å². The van der Waals surface area contributed by atoms with Gasteiger partial charge in [-0.15, -0.1) is 0 Å². The van der Waals surface area contributed by atoms with Crippen LogP contribution >= 0.6 is 46.4 Å². The highest BCUT2D eigenvalue weighted by atomic mass is 35.5. The summed E-state index contributed by atoms with van der Waals surface area (Å²) in [5.74, 6) is -2.16. The Labute approximate surface area is 237 Å². The van der Waals surface area contributed by atoms with Gasteiger partial charge in [0.2, 0.25) is 0 Å². The molecule has 0 saturated heterocycles. The van der Waals surface area contributed by atoms with Gasteiger partial charge in [0.25, 0.3) is 0 Å². The molecular formula is C26H20Cl4O8. The fourth-order valence-electron chi connectivity index (χ4n) is 3.92. The lowest BCUT2D eigenvalue weighted by atomic mass is 10.1. The fraction of sp³-hybridized carbons (Fsp3) is 0.231. The highest BCUT2D eigenvalue weighted by molar-refractivity contribution is 6.46. The Morgan fingerprint density at radius 3 is 1.37 bits per heavy atom. The van der Waals surface area contributed by atoms with E-state index in [9.17, 15) is 19.2 Å². The van der Waals surface area contributed by atoms with Crippen LogP contribution in [0.4, 0.5) is 0 Å². The topological polar surface area (TPSA) is 127 Å². The number of rotatable bonds is 6. The first-order valence-electron chi connectivity index (χ1n) is 11.0. The molecule has 38 heavy (non-hydrogen) atoms. The van der Waals surface area contributed by atoms with Gasteiger partial charge in [0, 0.05) is 35.1 Å². The summed E-state index contributed by atoms with van der Waals surface area (Å²) in [5.41, 5.74) is 3.44. The van der Waals surface area contributed by atoms with Crippen LogP contribution in [0.5, 0.6) is 11.5 Å². The molecule has 0 unspecified atom stereocenters. The molecule has 8 nitrogen and oxygen atoms in total. The number of hydrogen-bond donors (Lipinski definition) is 2. The van der Waals surface area contributed by atoms with Gasteiger partial charge >= 0.3 is 11.9 Å². The first-order valence-corrected chi connectivity index (χ1v) is 12.5. The Bertz CT molecular complexity index is 1320. The lowest BCUT2D eigenvalue weighted by Crippen LogP contribution is -2.10. The van der Waals surface area contributed by atoms with Gasteiger partial charge in [-0.1, -0.05) is 58.6 Å². The first kappa shape index (κ1) is 29.5. The monoisotopic (exact) mass is 600 g/mol. The number of ether oxygens (including phenoxy) is 2. The van der Waals surface area contributed by atoms with Crippen molar-refractivity contribution in [3.05, 3.63) is 77.8 Å². The summed E-state index contributed by atoms with van der Waals surface area (Å²) in [6, 6.07) is 3.14. The number of halogens is 4. The Hall–Kier alpha value is -3.04. The summed E-state index contributed by atoms with van der Waals surface area (Å²) < 4.78 is 10.1. The Morgan fingerprint density at radius 1 is 0.737 bits per heavy atom. The molecule has 2 N–H and O–H groups in total. The second-order valence-electron chi connectivity index (χ2n) is 8.08. The average molecular weight is 602 g/mol. The predicted octanol–water partition coefficient (Wildman–Crippen LogP) is 6.28. The van der Waals surface area contributed by atoms with Crippen molar-refractivity contribution in [1.82, 2.24) is 0 Å². The van der Waals surface area contributed by atoms with E-state index in [1.165, 1.54) is 0 Å². The molecule has 2 aromatic carbocycles. The lowest BCUT2D eigenvalue weighted by molar-refractivity contribution is -0.140. The van der Waals surface area contributed by atoms with Gasteiger partial charge in [-0.25, -0.2) is 9.59 Å². The molecule has 0 bridgehead atoms. The number of carboxylic acids is 2. The molecule has 12 heteroatoms. The molecule has 0 fully saturated rings. The Balaban J connectivity index is 0.000000211. The largest absolute Gasteiger partial charge is 0.480 e. The van der Waals surface area contributed by atoms with E-state index in [2.05, 4.69) is 0 Å². The van der Waals surface area contributed by atoms with Crippen molar-refractivity contribution in [2.24, 2.45) is 0 Å². The highest BCUT2D eigenvalue weighted by Gasteiger charge is 2.31. The number of ketones is 2. The molecule has 0 atom stereocenters. The molecule has 0 spiro atoms. The van der Waals surface area contributed by atoms with Crippen molar-refractivity contribution in [3.8, 4) is 11.5 Å². The van der Waals surface area contributed by atoms with Crippen LogP contribution in [0.25, 0.3) is 0 Å². The number of carboxylic acid groups (broad SMARTS) is 2. The van der Waals surface area contributed by atoms with E-state index in [1.54, 1.807) is 38.1 Å². The van der Waals surface area contributed by atoms with Crippen molar-refractivity contribution >= 4 is 69.9 Å². The van der Waals surface area contributed by atoms with Crippen molar-refractivity contribution in [1.29, 1.82) is 0 Å². The number of benzene rings is 2. The third-order valence-corrected chi connectivity index (χ3v) is 7.41. The Kier molecular flexibility index (Phi) is 9.49. The zero-order chi connectivity index (χ0) is 28.3. The van der Waals surface area contributed by atoms with Crippen LogP contribution in [0, 0.1) is 0 Å². The standard InChI is InChI=1S/2C13H10Cl2O4/c2*1-2-6-3-7-4-8(19-5-9(16)17)11(14)12(15)10(7)13(6)18/h2*2,4H,3,5H2,1H3,(H,16,17). The third-order valence-electron chi connectivity index (χ3n) is 5.71. The normalized spacial score (nSPS) is 15.7. The van der Waals surface area contributed by atoms with Gasteiger partial charge in [-0.05, 0) is 37.1 Å². The lowest BCUT2D eigenvalue weighted by Gasteiger charge is -2.10. The molecule has 2 aromatic rings. The van der Waals surface area contributed by atoms with Crippen LogP contribution in [-0.4, -0.2) is 46.9 Å². The van der Waals surface area contributed by atoms with E-state index in [0.29, 0.717) is 46.2 Å². The summed E-state index contributed by atoms with van der Waals surface area (Å²) in [4.78, 5) is 45.0. The maximum absolute atomic E-state index is 12.0. The van der Waals surface area contributed by atoms with Crippen LogP contribution in [-0.2, 0) is 22.4 Å². The molecule has 0 aromatic heterocycles. The van der Waals surface area contributed by atoms with Gasteiger partial charge in [0.1, 0.15) is 21.5 Å². The van der Waals surface area contributed by atoms with E-state index in [1.807, 2.05) is 0 Å². The fourth-order valence-corrected chi connectivity index (χ4v) is 4.93. The molecule has 0 amide bonds. The van der Waals surface area contributed by atoms with E-state index in [-0.39, 0.29) is 43.2 Å². The van der Waals surface area contributed by atoms with Gasteiger partial charge in [-0.2, -0.15) is 0 Å². The summed E-state index contributed by atoms with van der Waals surface area (Å²) in [5, 5.41) is 17.5. The molecule has 0 saturated carbocycles. The zero-order valence-electron chi connectivity index (χ0n) is 20.0. The third kappa shape index (κ3) is 5.99. The predicted molar refractivity (Wildman–Crippen MR) is 143 cm³/mol. The number of carbonyl (C=O) groups is 4. The van der Waals surface area contributed by atoms with Gasteiger partial charge in [-0.3, -0.25) is 9.59 Å². The molecule has 0 aliphatic heterocycles. The van der Waals surface area contributed by atoms with E-state index < -0.39 is 25.2 Å². The van der Waals surface area contributed by atoms with Crippen LogP contribution in [0.3, 0.4) is 0 Å². The second-order valence-corrected chi connectivity index (χ2v) is 9.59. The number of aliphatic carboxylic acids is 2. The number of fused-ring (bicyclic) bond motifs is 2. The van der Waals surface area contributed by atoms with Crippen molar-refractivity contribution in [3.63, 3.8) is 0 Å². The van der Waals surface area contributed by atoms with Crippen LogP contribution in [0.1, 0.15) is 45.7 Å². The van der Waals surface area contributed by atoms with E-state index in [0.717, 1.165) is 0 Å². The summed E-state index contributed by atoms with van der Waals surface area (Å²) in [6.07, 6.45) is 4.35. The average Bonchev–Trinajstić information content (AvgIpc) is 3.37. The molecular weight excluding hydrogens is 582 g/mol. The van der Waals surface area contributed by atoms with Crippen molar-refractivity contribution in [2.45, 2.75) is 26.7 Å². The van der Waals surface area contributed by atoms with Gasteiger partial charge in [0.15, 0.2) is 24.8 Å². The zero-order valence-corrected chi connectivity index (χ0v) is 23.0. The van der Waals surface area contributed by atoms with E-state index >= 15 is 0 Å². The minimum atomic E-state index is -1.11. The molecule has 4 rings (SSSR count). The number of hydrogen-bond acceptors (Lipinski definition) is 6.